The van der Waals surface area contributed by atoms with Crippen LogP contribution in [0.1, 0.15) is 41.5 Å². The minimum absolute atomic E-state index is 0.259. The van der Waals surface area contributed by atoms with E-state index in [-0.39, 0.29) is 18.6 Å². The van der Waals surface area contributed by atoms with Gasteiger partial charge in [-0.05, 0) is 5.41 Å². The minimum Gasteiger partial charge on any atom is -0.381 e. The Labute approximate surface area is 105 Å². The molecule has 0 aromatic carbocycles. The van der Waals surface area contributed by atoms with Crippen molar-refractivity contribution < 1.29 is 13.9 Å². The highest BCUT2D eigenvalue weighted by Gasteiger charge is 2.48. The van der Waals surface area contributed by atoms with Crippen molar-refractivity contribution in [2.75, 3.05) is 26.4 Å². The average Bonchev–Trinajstić information content (AvgIpc) is 1.91. The number of alkyl halides is 1. The zero-order chi connectivity index (χ0) is 13.3. The Kier molecular flexibility index (Phi) is 4.25. The summed E-state index contributed by atoms with van der Waals surface area (Å²) in [5.41, 5.74) is -0.851. The quantitative estimate of drug-likeness (QED) is 0.652. The molecule has 2 heterocycles. The first-order valence-electron chi connectivity index (χ1n) is 6.41. The van der Waals surface area contributed by atoms with Crippen LogP contribution < -0.4 is 0 Å². The second-order valence-electron chi connectivity index (χ2n) is 7.31. The summed E-state index contributed by atoms with van der Waals surface area (Å²) in [6.45, 7) is 15.0. The molecule has 0 bridgehead atoms. The van der Waals surface area contributed by atoms with Gasteiger partial charge in [-0.25, -0.2) is 4.39 Å². The highest BCUT2D eigenvalue weighted by atomic mass is 19.1. The van der Waals surface area contributed by atoms with E-state index in [1.165, 1.54) is 0 Å². The molecule has 0 spiro atoms. The zero-order valence-electron chi connectivity index (χ0n) is 12.1. The fourth-order valence-corrected chi connectivity index (χ4v) is 1.45. The molecule has 0 atom stereocenters. The van der Waals surface area contributed by atoms with Crippen LogP contribution in [0.25, 0.3) is 0 Å². The molecule has 2 aliphatic rings. The van der Waals surface area contributed by atoms with Gasteiger partial charge in [0, 0.05) is 11.3 Å². The van der Waals surface area contributed by atoms with Gasteiger partial charge in [-0.15, -0.1) is 0 Å². The molecular weight excluding hydrogens is 219 g/mol. The van der Waals surface area contributed by atoms with E-state index >= 15 is 0 Å². The van der Waals surface area contributed by atoms with Crippen molar-refractivity contribution in [3.8, 4) is 0 Å². The highest BCUT2D eigenvalue weighted by molar-refractivity contribution is 4.96. The van der Waals surface area contributed by atoms with Gasteiger partial charge in [-0.3, -0.25) is 0 Å². The molecule has 0 aliphatic carbocycles. The van der Waals surface area contributed by atoms with Crippen LogP contribution in [0.2, 0.25) is 0 Å². The molecule has 17 heavy (non-hydrogen) atoms. The predicted octanol–water partition coefficient (Wildman–Crippen LogP) is 3.45. The molecule has 0 radical (unpaired) electrons. The van der Waals surface area contributed by atoms with Crippen LogP contribution in [0.3, 0.4) is 0 Å². The Morgan fingerprint density at radius 2 is 1.41 bits per heavy atom. The van der Waals surface area contributed by atoms with Gasteiger partial charge in [0.15, 0.2) is 5.67 Å². The van der Waals surface area contributed by atoms with E-state index in [0.29, 0.717) is 5.41 Å². The maximum Gasteiger partial charge on any atom is 0.162 e. The fourth-order valence-electron chi connectivity index (χ4n) is 1.45. The number of hydrogen-bond acceptors (Lipinski definition) is 2. The van der Waals surface area contributed by atoms with Gasteiger partial charge in [0.1, 0.15) is 0 Å². The topological polar surface area (TPSA) is 18.5 Å². The molecule has 102 valence electrons. The molecule has 0 N–H and O–H groups in total. The van der Waals surface area contributed by atoms with Gasteiger partial charge in [-0.2, -0.15) is 0 Å². The number of halogens is 1. The van der Waals surface area contributed by atoms with Gasteiger partial charge in [0.25, 0.3) is 0 Å². The van der Waals surface area contributed by atoms with E-state index < -0.39 is 5.67 Å². The van der Waals surface area contributed by atoms with Crippen molar-refractivity contribution in [3.05, 3.63) is 0 Å². The molecule has 0 aromatic rings. The summed E-state index contributed by atoms with van der Waals surface area (Å²) >= 11 is 0. The third-order valence-corrected chi connectivity index (χ3v) is 3.87. The van der Waals surface area contributed by atoms with E-state index in [1.807, 2.05) is 20.8 Å². The zero-order valence-corrected chi connectivity index (χ0v) is 12.1. The molecule has 2 nitrogen and oxygen atoms in total. The molecule has 2 fully saturated rings. The van der Waals surface area contributed by atoms with Crippen molar-refractivity contribution >= 4 is 0 Å². The van der Waals surface area contributed by atoms with Gasteiger partial charge >= 0.3 is 0 Å². The SMILES string of the molecule is CC(C)(C)C1(F)COC1.CC(C)(C)C1COC1. The van der Waals surface area contributed by atoms with Crippen LogP contribution in [0.15, 0.2) is 0 Å². The highest BCUT2D eigenvalue weighted by Crippen LogP contribution is 2.39. The van der Waals surface area contributed by atoms with E-state index in [9.17, 15) is 4.39 Å². The average molecular weight is 246 g/mol. The van der Waals surface area contributed by atoms with E-state index in [4.69, 9.17) is 9.47 Å². The van der Waals surface area contributed by atoms with Gasteiger partial charge < -0.3 is 9.47 Å². The Balaban J connectivity index is 0.000000171. The van der Waals surface area contributed by atoms with Crippen molar-refractivity contribution in [2.24, 2.45) is 16.7 Å². The van der Waals surface area contributed by atoms with Crippen LogP contribution in [0.4, 0.5) is 4.39 Å². The summed E-state index contributed by atoms with van der Waals surface area (Å²) in [6.07, 6.45) is 0. The molecular formula is C14H27FO2. The van der Waals surface area contributed by atoms with Crippen LogP contribution in [0.5, 0.6) is 0 Å². The van der Waals surface area contributed by atoms with Crippen molar-refractivity contribution in [1.82, 2.24) is 0 Å². The number of ether oxygens (including phenoxy) is 2. The monoisotopic (exact) mass is 246 g/mol. The molecule has 0 unspecified atom stereocenters. The lowest BCUT2D eigenvalue weighted by Crippen LogP contribution is -2.54. The van der Waals surface area contributed by atoms with Crippen molar-refractivity contribution in [2.45, 2.75) is 47.2 Å². The first-order chi connectivity index (χ1) is 7.56. The third-order valence-electron chi connectivity index (χ3n) is 3.87. The van der Waals surface area contributed by atoms with Crippen LogP contribution in [-0.2, 0) is 9.47 Å². The standard InChI is InChI=1S/C7H13FO.C7H14O/c1-6(2,3)7(8)4-9-5-7;1-7(2,3)6-4-8-5-6/h4-5H2,1-3H3;6H,4-5H2,1-3H3. The van der Waals surface area contributed by atoms with Crippen LogP contribution >= 0.6 is 0 Å². The minimum atomic E-state index is -1.06. The van der Waals surface area contributed by atoms with Gasteiger partial charge in [-0.1, -0.05) is 41.5 Å². The van der Waals surface area contributed by atoms with Crippen LogP contribution in [0, 0.1) is 16.7 Å². The molecule has 3 heteroatoms. The molecule has 0 saturated carbocycles. The molecule has 2 saturated heterocycles. The van der Waals surface area contributed by atoms with Crippen LogP contribution in [-0.4, -0.2) is 32.1 Å². The summed E-state index contributed by atoms with van der Waals surface area (Å²) in [5.74, 6) is 0.808. The molecule has 0 aromatic heterocycles. The maximum atomic E-state index is 13.3. The Bertz CT molecular complexity index is 242. The predicted molar refractivity (Wildman–Crippen MR) is 67.9 cm³/mol. The molecule has 2 rings (SSSR count). The van der Waals surface area contributed by atoms with E-state index in [0.717, 1.165) is 19.1 Å². The first-order valence-corrected chi connectivity index (χ1v) is 6.41. The van der Waals surface area contributed by atoms with Gasteiger partial charge in [0.05, 0.1) is 26.4 Å². The lowest BCUT2D eigenvalue weighted by Gasteiger charge is -2.43. The normalized spacial score (nSPS) is 24.2. The summed E-state index contributed by atoms with van der Waals surface area (Å²) < 4.78 is 23.1. The maximum absolute atomic E-state index is 13.3. The van der Waals surface area contributed by atoms with Gasteiger partial charge in [0.2, 0.25) is 0 Å². The number of rotatable bonds is 0. The molecule has 0 amide bonds. The van der Waals surface area contributed by atoms with Crippen molar-refractivity contribution in [1.29, 1.82) is 0 Å². The second-order valence-corrected chi connectivity index (χ2v) is 7.31. The number of hydrogen-bond donors (Lipinski definition) is 0. The van der Waals surface area contributed by atoms with E-state index in [2.05, 4.69) is 20.8 Å². The lowest BCUT2D eigenvalue weighted by atomic mass is 9.77. The summed E-state index contributed by atoms with van der Waals surface area (Å²) in [4.78, 5) is 0. The second kappa shape index (κ2) is 4.85. The lowest BCUT2D eigenvalue weighted by molar-refractivity contribution is -0.182. The fraction of sp³-hybridized carbons (Fsp3) is 1.00. The Morgan fingerprint density at radius 3 is 1.41 bits per heavy atom. The smallest absolute Gasteiger partial charge is 0.162 e. The molecule has 2 aliphatic heterocycles. The Morgan fingerprint density at radius 1 is 0.941 bits per heavy atom. The van der Waals surface area contributed by atoms with E-state index in [1.54, 1.807) is 0 Å². The summed E-state index contributed by atoms with van der Waals surface area (Å²) in [6, 6.07) is 0. The Hall–Kier alpha value is -0.150. The van der Waals surface area contributed by atoms with Crippen molar-refractivity contribution in [3.63, 3.8) is 0 Å². The first kappa shape index (κ1) is 14.9. The largest absolute Gasteiger partial charge is 0.381 e. The summed E-state index contributed by atoms with van der Waals surface area (Å²) in [7, 11) is 0. The summed E-state index contributed by atoms with van der Waals surface area (Å²) in [5, 5.41) is 0. The third kappa shape index (κ3) is 3.65.